The van der Waals surface area contributed by atoms with E-state index in [1.165, 1.54) is 18.9 Å². The van der Waals surface area contributed by atoms with Crippen LogP contribution in [0, 0.1) is 5.82 Å². The molecule has 5 heteroatoms. The second-order valence-electron chi connectivity index (χ2n) is 5.50. The van der Waals surface area contributed by atoms with E-state index in [0.29, 0.717) is 12.6 Å². The first kappa shape index (κ1) is 15.9. The maximum Gasteiger partial charge on any atom is 0.238 e. The molecule has 2 rings (SSSR count). The van der Waals surface area contributed by atoms with E-state index < -0.39 is 5.82 Å². The van der Waals surface area contributed by atoms with Gasteiger partial charge in [-0.25, -0.2) is 4.39 Å². The summed E-state index contributed by atoms with van der Waals surface area (Å²) in [6.45, 7) is 5.07. The highest BCUT2D eigenvalue weighted by Gasteiger charge is 2.18. The number of nitrogens with zero attached hydrogens (tertiary/aromatic N) is 1. The summed E-state index contributed by atoms with van der Waals surface area (Å²) in [5, 5.41) is 6.12. The second kappa shape index (κ2) is 8.10. The van der Waals surface area contributed by atoms with E-state index in [1.54, 1.807) is 18.2 Å². The van der Waals surface area contributed by atoms with E-state index in [-0.39, 0.29) is 11.6 Å². The molecule has 1 aromatic carbocycles. The van der Waals surface area contributed by atoms with Gasteiger partial charge in [0, 0.05) is 12.6 Å². The van der Waals surface area contributed by atoms with Crippen LogP contribution in [0.5, 0.6) is 0 Å². The van der Waals surface area contributed by atoms with Crippen molar-refractivity contribution in [1.82, 2.24) is 10.2 Å². The molecule has 0 spiro atoms. The summed E-state index contributed by atoms with van der Waals surface area (Å²) >= 11 is 0. The minimum absolute atomic E-state index is 0.169. The minimum Gasteiger partial charge on any atom is -0.322 e. The lowest BCUT2D eigenvalue weighted by atomic mass is 10.0. The van der Waals surface area contributed by atoms with Gasteiger partial charge in [-0.05, 0) is 38.1 Å². The Hall–Kier alpha value is -1.46. The standard InChI is InChI=1S/C16H24FN3O/c1-2-20(11-13-7-5-6-10-18-13)12-16(21)19-15-9-4-3-8-14(15)17/h3-4,8-9,13,18H,2,5-7,10-12H2,1H3,(H,19,21). The smallest absolute Gasteiger partial charge is 0.238 e. The van der Waals surface area contributed by atoms with Crippen molar-refractivity contribution in [3.63, 3.8) is 0 Å². The molecule has 1 unspecified atom stereocenters. The number of piperidine rings is 1. The van der Waals surface area contributed by atoms with Crippen molar-refractivity contribution in [3.05, 3.63) is 30.1 Å². The van der Waals surface area contributed by atoms with Gasteiger partial charge >= 0.3 is 0 Å². The number of carbonyl (C=O) groups excluding carboxylic acids is 1. The van der Waals surface area contributed by atoms with E-state index in [4.69, 9.17) is 0 Å². The number of hydrogen-bond acceptors (Lipinski definition) is 3. The summed E-state index contributed by atoms with van der Waals surface area (Å²) < 4.78 is 13.5. The molecule has 1 atom stereocenters. The Balaban J connectivity index is 1.83. The van der Waals surface area contributed by atoms with Crippen molar-refractivity contribution < 1.29 is 9.18 Å². The van der Waals surface area contributed by atoms with Crippen LogP contribution in [-0.4, -0.2) is 43.0 Å². The molecule has 0 aliphatic carbocycles. The largest absolute Gasteiger partial charge is 0.322 e. The summed E-state index contributed by atoms with van der Waals surface area (Å²) in [6.07, 6.45) is 3.64. The average molecular weight is 293 g/mol. The zero-order valence-electron chi connectivity index (χ0n) is 12.6. The molecule has 0 saturated carbocycles. The topological polar surface area (TPSA) is 44.4 Å². The van der Waals surface area contributed by atoms with Gasteiger partial charge < -0.3 is 10.6 Å². The molecule has 1 heterocycles. The molecule has 1 aromatic rings. The van der Waals surface area contributed by atoms with Crippen LogP contribution in [0.4, 0.5) is 10.1 Å². The summed E-state index contributed by atoms with van der Waals surface area (Å²) in [5.74, 6) is -0.569. The van der Waals surface area contributed by atoms with Crippen LogP contribution in [0.25, 0.3) is 0 Å². The predicted molar refractivity (Wildman–Crippen MR) is 82.8 cm³/mol. The van der Waals surface area contributed by atoms with Gasteiger partial charge in [-0.15, -0.1) is 0 Å². The molecule has 21 heavy (non-hydrogen) atoms. The van der Waals surface area contributed by atoms with Gasteiger partial charge in [0.25, 0.3) is 0 Å². The highest BCUT2D eigenvalue weighted by atomic mass is 19.1. The highest BCUT2D eigenvalue weighted by molar-refractivity contribution is 5.92. The molecule has 4 nitrogen and oxygen atoms in total. The quantitative estimate of drug-likeness (QED) is 0.845. The Kier molecular flexibility index (Phi) is 6.14. The summed E-state index contributed by atoms with van der Waals surface area (Å²) in [4.78, 5) is 14.1. The molecule has 2 N–H and O–H groups in total. The Morgan fingerprint density at radius 2 is 2.24 bits per heavy atom. The predicted octanol–water partition coefficient (Wildman–Crippen LogP) is 2.23. The first-order valence-electron chi connectivity index (χ1n) is 7.69. The maximum absolute atomic E-state index is 13.5. The molecule has 1 aliphatic heterocycles. The molecule has 1 aliphatic rings. The monoisotopic (exact) mass is 293 g/mol. The van der Waals surface area contributed by atoms with Gasteiger partial charge in [0.05, 0.1) is 12.2 Å². The van der Waals surface area contributed by atoms with Gasteiger partial charge in [-0.3, -0.25) is 9.69 Å². The van der Waals surface area contributed by atoms with Crippen LogP contribution in [0.3, 0.4) is 0 Å². The number of anilines is 1. The van der Waals surface area contributed by atoms with Gasteiger partial charge in [0.15, 0.2) is 0 Å². The highest BCUT2D eigenvalue weighted by Crippen LogP contribution is 2.12. The third-order valence-electron chi connectivity index (χ3n) is 3.85. The zero-order chi connectivity index (χ0) is 15.1. The molecule has 116 valence electrons. The molecular formula is C16H24FN3O. The molecular weight excluding hydrogens is 269 g/mol. The van der Waals surface area contributed by atoms with Crippen LogP contribution < -0.4 is 10.6 Å². The number of carbonyl (C=O) groups is 1. The van der Waals surface area contributed by atoms with Gasteiger partial charge in [-0.1, -0.05) is 25.5 Å². The van der Waals surface area contributed by atoms with Crippen LogP contribution >= 0.6 is 0 Å². The lowest BCUT2D eigenvalue weighted by molar-refractivity contribution is -0.117. The van der Waals surface area contributed by atoms with Crippen molar-refractivity contribution in [3.8, 4) is 0 Å². The minimum atomic E-state index is -0.400. The maximum atomic E-state index is 13.5. The van der Waals surface area contributed by atoms with Crippen LogP contribution in [0.2, 0.25) is 0 Å². The first-order valence-corrected chi connectivity index (χ1v) is 7.69. The Morgan fingerprint density at radius 1 is 1.43 bits per heavy atom. The number of halogens is 1. The second-order valence-corrected chi connectivity index (χ2v) is 5.50. The molecule has 0 radical (unpaired) electrons. The van der Waals surface area contributed by atoms with Crippen molar-refractivity contribution in [1.29, 1.82) is 0 Å². The van der Waals surface area contributed by atoms with Gasteiger partial charge in [-0.2, -0.15) is 0 Å². The Labute approximate surface area is 125 Å². The number of amides is 1. The van der Waals surface area contributed by atoms with Gasteiger partial charge in [0.2, 0.25) is 5.91 Å². The number of likely N-dealkylation sites (N-methyl/N-ethyl adjacent to an activating group) is 1. The van der Waals surface area contributed by atoms with Crippen molar-refractivity contribution >= 4 is 11.6 Å². The number of hydrogen-bond donors (Lipinski definition) is 2. The SMILES string of the molecule is CCN(CC(=O)Nc1ccccc1F)CC1CCCCN1. The first-order chi connectivity index (χ1) is 10.2. The Morgan fingerprint density at radius 3 is 2.90 bits per heavy atom. The van der Waals surface area contributed by atoms with E-state index in [1.807, 2.05) is 6.92 Å². The van der Waals surface area contributed by atoms with Crippen LogP contribution in [0.15, 0.2) is 24.3 Å². The normalized spacial score (nSPS) is 18.7. The molecule has 0 aromatic heterocycles. The number of rotatable bonds is 6. The third-order valence-corrected chi connectivity index (χ3v) is 3.85. The van der Waals surface area contributed by atoms with Crippen LogP contribution in [-0.2, 0) is 4.79 Å². The molecule has 0 bridgehead atoms. The van der Waals surface area contributed by atoms with E-state index in [9.17, 15) is 9.18 Å². The summed E-state index contributed by atoms with van der Waals surface area (Å²) in [7, 11) is 0. The fourth-order valence-electron chi connectivity index (χ4n) is 2.65. The van der Waals surface area contributed by atoms with Crippen molar-refractivity contribution in [2.45, 2.75) is 32.2 Å². The van der Waals surface area contributed by atoms with Gasteiger partial charge in [0.1, 0.15) is 5.82 Å². The van der Waals surface area contributed by atoms with Crippen molar-refractivity contribution in [2.24, 2.45) is 0 Å². The lowest BCUT2D eigenvalue weighted by Crippen LogP contribution is -2.45. The zero-order valence-corrected chi connectivity index (χ0v) is 12.6. The number of nitrogens with one attached hydrogen (secondary N) is 2. The molecule has 1 fully saturated rings. The van der Waals surface area contributed by atoms with E-state index >= 15 is 0 Å². The van der Waals surface area contributed by atoms with Crippen molar-refractivity contribution in [2.75, 3.05) is 31.5 Å². The Bertz CT molecular complexity index is 461. The molecule has 1 saturated heterocycles. The fraction of sp³-hybridized carbons (Fsp3) is 0.562. The molecule has 1 amide bonds. The van der Waals surface area contributed by atoms with E-state index in [2.05, 4.69) is 15.5 Å². The summed E-state index contributed by atoms with van der Waals surface area (Å²) in [6, 6.07) is 6.70. The van der Waals surface area contributed by atoms with E-state index in [0.717, 1.165) is 26.1 Å². The lowest BCUT2D eigenvalue weighted by Gasteiger charge is -2.29. The number of para-hydroxylation sites is 1. The number of benzene rings is 1. The van der Waals surface area contributed by atoms with Crippen LogP contribution in [0.1, 0.15) is 26.2 Å². The average Bonchev–Trinajstić information content (AvgIpc) is 2.50. The fourth-order valence-corrected chi connectivity index (χ4v) is 2.65. The summed E-state index contributed by atoms with van der Waals surface area (Å²) in [5.41, 5.74) is 0.245. The third kappa shape index (κ3) is 5.10.